The molecule has 2 amide bonds. The Morgan fingerprint density at radius 3 is 2.64 bits per heavy atom. The van der Waals surface area contributed by atoms with E-state index < -0.39 is 0 Å². The van der Waals surface area contributed by atoms with E-state index in [4.69, 9.17) is 0 Å². The summed E-state index contributed by atoms with van der Waals surface area (Å²) in [4.78, 5) is 24.8. The van der Waals surface area contributed by atoms with Gasteiger partial charge < -0.3 is 0 Å². The van der Waals surface area contributed by atoms with Crippen molar-refractivity contribution in [1.29, 1.82) is 0 Å². The molecule has 0 radical (unpaired) electrons. The van der Waals surface area contributed by atoms with Gasteiger partial charge in [0.2, 0.25) is 11.8 Å². The number of nitrogens with zero attached hydrogens (tertiary/aromatic N) is 1. The summed E-state index contributed by atoms with van der Waals surface area (Å²) in [6, 6.07) is 0. The van der Waals surface area contributed by atoms with E-state index in [0.717, 1.165) is 12.8 Å². The highest BCUT2D eigenvalue weighted by molar-refractivity contribution is 6.06. The molecule has 0 aromatic heterocycles. The number of hydrogen-bond acceptors (Lipinski definition) is 2. The summed E-state index contributed by atoms with van der Waals surface area (Å²) >= 11 is 0. The van der Waals surface area contributed by atoms with Crippen molar-refractivity contribution >= 4 is 11.8 Å². The summed E-state index contributed by atoms with van der Waals surface area (Å²) in [5, 5.41) is 0. The third kappa shape index (κ3) is 0.740. The highest BCUT2D eigenvalue weighted by Gasteiger charge is 2.59. The predicted molar refractivity (Wildman–Crippen MR) is 50.2 cm³/mol. The summed E-state index contributed by atoms with van der Waals surface area (Å²) < 4.78 is 0. The molecule has 2 fully saturated rings. The Hall–Kier alpha value is -1.12. The molecule has 3 nitrogen and oxygen atoms in total. The van der Waals surface area contributed by atoms with Gasteiger partial charge in [0.15, 0.2) is 0 Å². The number of rotatable bonds is 0. The molecule has 1 saturated carbocycles. The summed E-state index contributed by atoms with van der Waals surface area (Å²) in [6.45, 7) is 0. The lowest BCUT2D eigenvalue weighted by molar-refractivity contribution is -0.140. The van der Waals surface area contributed by atoms with Gasteiger partial charge in [-0.2, -0.15) is 0 Å². The molecule has 1 aliphatic heterocycles. The highest BCUT2D eigenvalue weighted by atomic mass is 16.2. The Kier molecular flexibility index (Phi) is 1.33. The lowest BCUT2D eigenvalue weighted by Gasteiger charge is -2.27. The van der Waals surface area contributed by atoms with Crippen LogP contribution >= 0.6 is 0 Å². The topological polar surface area (TPSA) is 37.4 Å². The van der Waals surface area contributed by atoms with Crippen molar-refractivity contribution in [3.8, 4) is 0 Å². The van der Waals surface area contributed by atoms with Crippen molar-refractivity contribution in [3.05, 3.63) is 12.2 Å². The fraction of sp³-hybridized carbons (Fsp3) is 0.636. The van der Waals surface area contributed by atoms with Gasteiger partial charge in [0.1, 0.15) is 0 Å². The van der Waals surface area contributed by atoms with Crippen LogP contribution < -0.4 is 0 Å². The number of likely N-dealkylation sites (tertiary alicyclic amines) is 1. The first-order valence-electron chi connectivity index (χ1n) is 5.13. The van der Waals surface area contributed by atoms with E-state index in [1.807, 2.05) is 0 Å². The lowest BCUT2D eigenvalue weighted by Crippen LogP contribution is -2.35. The van der Waals surface area contributed by atoms with Crippen molar-refractivity contribution < 1.29 is 9.59 Å². The van der Waals surface area contributed by atoms with Gasteiger partial charge in [-0.25, -0.2) is 0 Å². The quantitative estimate of drug-likeness (QED) is 0.422. The molecule has 2 bridgehead atoms. The molecule has 1 spiro atoms. The normalized spacial score (nSPS) is 44.8. The zero-order chi connectivity index (χ0) is 9.92. The molecule has 0 aromatic rings. The van der Waals surface area contributed by atoms with Gasteiger partial charge in [0, 0.05) is 13.5 Å². The maximum absolute atomic E-state index is 12.0. The minimum absolute atomic E-state index is 0.00375. The van der Waals surface area contributed by atoms with E-state index >= 15 is 0 Å². The number of allylic oxidation sites excluding steroid dienone is 2. The van der Waals surface area contributed by atoms with Gasteiger partial charge >= 0.3 is 0 Å². The predicted octanol–water partition coefficient (Wildman–Crippen LogP) is 0.958. The Morgan fingerprint density at radius 2 is 2.21 bits per heavy atom. The van der Waals surface area contributed by atoms with E-state index in [0.29, 0.717) is 18.3 Å². The second-order valence-corrected chi connectivity index (χ2v) is 4.78. The number of carbonyl (C=O) groups excluding carboxylic acids is 2. The van der Waals surface area contributed by atoms with Crippen LogP contribution in [0, 0.1) is 17.3 Å². The zero-order valence-electron chi connectivity index (χ0n) is 8.19. The first-order valence-corrected chi connectivity index (χ1v) is 5.13. The zero-order valence-corrected chi connectivity index (χ0v) is 8.19. The van der Waals surface area contributed by atoms with Crippen molar-refractivity contribution in [1.82, 2.24) is 4.90 Å². The molecule has 0 aromatic carbocycles. The van der Waals surface area contributed by atoms with Crippen LogP contribution in [-0.2, 0) is 9.59 Å². The van der Waals surface area contributed by atoms with E-state index in [1.165, 1.54) is 4.90 Å². The van der Waals surface area contributed by atoms with Crippen LogP contribution in [0.15, 0.2) is 12.2 Å². The van der Waals surface area contributed by atoms with Gasteiger partial charge in [-0.3, -0.25) is 14.5 Å². The SMILES string of the molecule is CN1C(=O)CC2(CC3C=CC2C3)C1=O. The number of imide groups is 1. The molecule has 3 aliphatic rings. The summed E-state index contributed by atoms with van der Waals surface area (Å²) in [7, 11) is 1.61. The maximum atomic E-state index is 12.0. The van der Waals surface area contributed by atoms with Crippen LogP contribution in [0.3, 0.4) is 0 Å². The van der Waals surface area contributed by atoms with Crippen LogP contribution in [0.2, 0.25) is 0 Å². The molecule has 14 heavy (non-hydrogen) atoms. The van der Waals surface area contributed by atoms with Crippen LogP contribution in [0.5, 0.6) is 0 Å². The number of hydrogen-bond donors (Lipinski definition) is 0. The third-order valence-corrected chi connectivity index (χ3v) is 4.08. The lowest BCUT2D eigenvalue weighted by atomic mass is 9.74. The second kappa shape index (κ2) is 2.27. The summed E-state index contributed by atoms with van der Waals surface area (Å²) in [6.07, 6.45) is 6.74. The highest BCUT2D eigenvalue weighted by Crippen LogP contribution is 2.57. The van der Waals surface area contributed by atoms with Gasteiger partial charge in [-0.1, -0.05) is 12.2 Å². The summed E-state index contributed by atoms with van der Waals surface area (Å²) in [5.74, 6) is 0.924. The molecule has 2 aliphatic carbocycles. The van der Waals surface area contributed by atoms with E-state index in [2.05, 4.69) is 12.2 Å². The fourth-order valence-electron chi connectivity index (χ4n) is 3.32. The van der Waals surface area contributed by atoms with Gasteiger partial charge in [-0.05, 0) is 24.7 Å². The molecule has 74 valence electrons. The number of amides is 2. The third-order valence-electron chi connectivity index (χ3n) is 4.08. The monoisotopic (exact) mass is 191 g/mol. The molecular weight excluding hydrogens is 178 g/mol. The molecule has 3 unspecified atom stereocenters. The van der Waals surface area contributed by atoms with E-state index in [1.54, 1.807) is 7.05 Å². The van der Waals surface area contributed by atoms with Crippen LogP contribution in [0.4, 0.5) is 0 Å². The smallest absolute Gasteiger partial charge is 0.236 e. The molecular formula is C11H13NO2. The first kappa shape index (κ1) is 8.21. The minimum Gasteiger partial charge on any atom is -0.285 e. The Balaban J connectivity index is 2.03. The van der Waals surface area contributed by atoms with Crippen molar-refractivity contribution in [3.63, 3.8) is 0 Å². The van der Waals surface area contributed by atoms with Crippen molar-refractivity contribution in [2.75, 3.05) is 7.05 Å². The summed E-state index contributed by atoms with van der Waals surface area (Å²) in [5.41, 5.74) is -0.342. The van der Waals surface area contributed by atoms with Crippen molar-refractivity contribution in [2.45, 2.75) is 19.3 Å². The molecule has 0 N–H and O–H groups in total. The Labute approximate surface area is 82.8 Å². The molecule has 3 atom stereocenters. The van der Waals surface area contributed by atoms with E-state index in [-0.39, 0.29) is 17.2 Å². The fourth-order valence-corrected chi connectivity index (χ4v) is 3.32. The number of fused-ring (bicyclic) bond motifs is 3. The number of carbonyl (C=O) groups is 2. The standard InChI is InChI=1S/C11H13NO2/c1-12-9(13)6-11(10(12)14)5-7-2-3-8(11)4-7/h2-3,7-8H,4-6H2,1H3. The van der Waals surface area contributed by atoms with Crippen molar-refractivity contribution in [2.24, 2.45) is 17.3 Å². The van der Waals surface area contributed by atoms with Crippen LogP contribution in [0.25, 0.3) is 0 Å². The van der Waals surface area contributed by atoms with E-state index in [9.17, 15) is 9.59 Å². The van der Waals surface area contributed by atoms with Gasteiger partial charge in [0.05, 0.1) is 5.41 Å². The minimum atomic E-state index is -0.342. The largest absolute Gasteiger partial charge is 0.285 e. The maximum Gasteiger partial charge on any atom is 0.236 e. The van der Waals surface area contributed by atoms with Crippen LogP contribution in [-0.4, -0.2) is 23.8 Å². The van der Waals surface area contributed by atoms with Gasteiger partial charge in [-0.15, -0.1) is 0 Å². The van der Waals surface area contributed by atoms with Gasteiger partial charge in [0.25, 0.3) is 0 Å². The second-order valence-electron chi connectivity index (χ2n) is 4.78. The molecule has 1 saturated heterocycles. The molecule has 3 rings (SSSR count). The Bertz CT molecular complexity index is 360. The average Bonchev–Trinajstić information content (AvgIpc) is 2.79. The first-order chi connectivity index (χ1) is 6.63. The average molecular weight is 191 g/mol. The molecule has 3 heteroatoms. The molecule has 1 heterocycles. The van der Waals surface area contributed by atoms with Crippen LogP contribution in [0.1, 0.15) is 19.3 Å². The Morgan fingerprint density at radius 1 is 1.43 bits per heavy atom.